The van der Waals surface area contributed by atoms with Gasteiger partial charge in [-0.2, -0.15) is 0 Å². The van der Waals surface area contributed by atoms with E-state index in [1.807, 2.05) is 12.3 Å². The molecule has 0 aliphatic heterocycles. The summed E-state index contributed by atoms with van der Waals surface area (Å²) in [5.41, 5.74) is 1.20. The molecule has 1 aromatic rings. The summed E-state index contributed by atoms with van der Waals surface area (Å²) in [5, 5.41) is 3.28. The monoisotopic (exact) mass is 272 g/mol. The molecule has 1 N–H and O–H groups in total. The summed E-state index contributed by atoms with van der Waals surface area (Å²) in [4.78, 5) is 4.27. The summed E-state index contributed by atoms with van der Waals surface area (Å²) in [7, 11) is 1.73. The molecule has 1 rings (SSSR count). The lowest BCUT2D eigenvalue weighted by molar-refractivity contribution is 0.194. The number of nitrogens with one attached hydrogen (secondary N) is 1. The zero-order valence-electron chi connectivity index (χ0n) is 9.22. The normalized spacial score (nSPS) is 10.3. The highest BCUT2D eigenvalue weighted by atomic mass is 79.9. The SMILES string of the molecule is COCCCCNc1cc(C)c(Br)cn1. The second kappa shape index (κ2) is 6.80. The van der Waals surface area contributed by atoms with Crippen molar-refractivity contribution >= 4 is 21.7 Å². The molecule has 1 aromatic heterocycles. The third kappa shape index (κ3) is 4.62. The van der Waals surface area contributed by atoms with Gasteiger partial charge in [0.25, 0.3) is 0 Å². The molecular weight excluding hydrogens is 256 g/mol. The van der Waals surface area contributed by atoms with Gasteiger partial charge in [0.05, 0.1) is 0 Å². The number of nitrogens with zero attached hydrogens (tertiary/aromatic N) is 1. The number of rotatable bonds is 6. The summed E-state index contributed by atoms with van der Waals surface area (Å²) in [6.45, 7) is 3.83. The van der Waals surface area contributed by atoms with Crippen LogP contribution >= 0.6 is 15.9 Å². The van der Waals surface area contributed by atoms with Gasteiger partial charge in [0.1, 0.15) is 5.82 Å². The molecule has 0 aromatic carbocycles. The van der Waals surface area contributed by atoms with E-state index in [2.05, 4.69) is 33.2 Å². The number of hydrogen-bond donors (Lipinski definition) is 1. The first kappa shape index (κ1) is 12.5. The van der Waals surface area contributed by atoms with Gasteiger partial charge < -0.3 is 10.1 Å². The van der Waals surface area contributed by atoms with Crippen molar-refractivity contribution in [3.05, 3.63) is 22.3 Å². The molecule has 0 aliphatic carbocycles. The van der Waals surface area contributed by atoms with E-state index in [-0.39, 0.29) is 0 Å². The highest BCUT2D eigenvalue weighted by Crippen LogP contribution is 2.17. The minimum atomic E-state index is 0.828. The molecule has 0 spiro atoms. The number of aryl methyl sites for hydroxylation is 1. The third-order valence-corrected chi connectivity index (χ3v) is 2.96. The van der Waals surface area contributed by atoms with E-state index in [0.717, 1.165) is 36.3 Å². The van der Waals surface area contributed by atoms with E-state index in [0.29, 0.717) is 0 Å². The van der Waals surface area contributed by atoms with E-state index in [1.165, 1.54) is 5.56 Å². The van der Waals surface area contributed by atoms with Crippen molar-refractivity contribution in [1.82, 2.24) is 4.98 Å². The van der Waals surface area contributed by atoms with Crippen LogP contribution in [0.3, 0.4) is 0 Å². The lowest BCUT2D eigenvalue weighted by Gasteiger charge is -2.06. The van der Waals surface area contributed by atoms with Crippen molar-refractivity contribution in [3.8, 4) is 0 Å². The number of unbranched alkanes of at least 4 members (excludes halogenated alkanes) is 1. The van der Waals surface area contributed by atoms with Crippen molar-refractivity contribution < 1.29 is 4.74 Å². The van der Waals surface area contributed by atoms with Crippen LogP contribution in [0.1, 0.15) is 18.4 Å². The van der Waals surface area contributed by atoms with Gasteiger partial charge in [0.2, 0.25) is 0 Å². The molecule has 0 atom stereocenters. The second-order valence-electron chi connectivity index (χ2n) is 3.45. The number of methoxy groups -OCH3 is 1. The summed E-state index contributed by atoms with van der Waals surface area (Å²) in [6, 6.07) is 2.04. The average molecular weight is 273 g/mol. The lowest BCUT2D eigenvalue weighted by atomic mass is 10.3. The Hall–Kier alpha value is -0.610. The molecule has 0 aliphatic rings. The molecule has 0 saturated carbocycles. The Morgan fingerprint density at radius 3 is 2.93 bits per heavy atom. The minimum Gasteiger partial charge on any atom is -0.385 e. The van der Waals surface area contributed by atoms with Gasteiger partial charge in [0, 0.05) is 30.9 Å². The van der Waals surface area contributed by atoms with Crippen LogP contribution in [0.5, 0.6) is 0 Å². The molecule has 84 valence electrons. The maximum Gasteiger partial charge on any atom is 0.126 e. The Morgan fingerprint density at radius 1 is 1.47 bits per heavy atom. The predicted octanol–water partition coefficient (Wildman–Crippen LogP) is 2.99. The van der Waals surface area contributed by atoms with Gasteiger partial charge in [-0.1, -0.05) is 0 Å². The van der Waals surface area contributed by atoms with E-state index in [4.69, 9.17) is 4.74 Å². The zero-order chi connectivity index (χ0) is 11.1. The molecule has 0 bridgehead atoms. The minimum absolute atomic E-state index is 0.828. The lowest BCUT2D eigenvalue weighted by Crippen LogP contribution is -2.04. The quantitative estimate of drug-likeness (QED) is 0.809. The molecule has 0 amide bonds. The van der Waals surface area contributed by atoms with Gasteiger partial charge in [-0.3, -0.25) is 0 Å². The van der Waals surface area contributed by atoms with Gasteiger partial charge in [-0.15, -0.1) is 0 Å². The molecule has 0 saturated heterocycles. The topological polar surface area (TPSA) is 34.1 Å². The van der Waals surface area contributed by atoms with Gasteiger partial charge in [0.15, 0.2) is 0 Å². The van der Waals surface area contributed by atoms with Crippen molar-refractivity contribution in [2.45, 2.75) is 19.8 Å². The van der Waals surface area contributed by atoms with Crippen LogP contribution in [0.15, 0.2) is 16.7 Å². The summed E-state index contributed by atoms with van der Waals surface area (Å²) >= 11 is 3.42. The van der Waals surface area contributed by atoms with Crippen molar-refractivity contribution in [2.75, 3.05) is 25.6 Å². The number of hydrogen-bond acceptors (Lipinski definition) is 3. The fourth-order valence-corrected chi connectivity index (χ4v) is 1.44. The Morgan fingerprint density at radius 2 is 2.27 bits per heavy atom. The van der Waals surface area contributed by atoms with Crippen LogP contribution in [0, 0.1) is 6.92 Å². The second-order valence-corrected chi connectivity index (χ2v) is 4.30. The maximum absolute atomic E-state index is 4.98. The summed E-state index contributed by atoms with van der Waals surface area (Å²) in [6.07, 6.45) is 4.01. The number of ether oxygens (including phenoxy) is 1. The predicted molar refractivity (Wildman–Crippen MR) is 66.3 cm³/mol. The fraction of sp³-hybridized carbons (Fsp3) is 0.545. The Labute approximate surface area is 99.4 Å². The number of pyridine rings is 1. The van der Waals surface area contributed by atoms with Crippen LogP contribution in [0.25, 0.3) is 0 Å². The summed E-state index contributed by atoms with van der Waals surface area (Å²) in [5.74, 6) is 0.938. The van der Waals surface area contributed by atoms with Crippen LogP contribution in [0.4, 0.5) is 5.82 Å². The number of anilines is 1. The molecule has 0 unspecified atom stereocenters. The van der Waals surface area contributed by atoms with Crippen molar-refractivity contribution in [1.29, 1.82) is 0 Å². The van der Waals surface area contributed by atoms with E-state index in [1.54, 1.807) is 7.11 Å². The van der Waals surface area contributed by atoms with Gasteiger partial charge in [-0.05, 0) is 47.3 Å². The highest BCUT2D eigenvalue weighted by molar-refractivity contribution is 9.10. The van der Waals surface area contributed by atoms with Crippen LogP contribution in [-0.4, -0.2) is 25.2 Å². The van der Waals surface area contributed by atoms with Crippen LogP contribution < -0.4 is 5.32 Å². The largest absolute Gasteiger partial charge is 0.385 e. The summed E-state index contributed by atoms with van der Waals surface area (Å²) < 4.78 is 6.03. The van der Waals surface area contributed by atoms with E-state index >= 15 is 0 Å². The standard InChI is InChI=1S/C11H17BrN2O/c1-9-7-11(14-8-10(9)12)13-5-3-4-6-15-2/h7-8H,3-6H2,1-2H3,(H,13,14). The van der Waals surface area contributed by atoms with E-state index < -0.39 is 0 Å². The third-order valence-electron chi connectivity index (χ3n) is 2.13. The van der Waals surface area contributed by atoms with Crippen molar-refractivity contribution in [3.63, 3.8) is 0 Å². The van der Waals surface area contributed by atoms with Crippen LogP contribution in [0.2, 0.25) is 0 Å². The first-order valence-corrected chi connectivity index (χ1v) is 5.88. The molecule has 4 heteroatoms. The maximum atomic E-state index is 4.98. The molecule has 3 nitrogen and oxygen atoms in total. The first-order chi connectivity index (χ1) is 7.24. The highest BCUT2D eigenvalue weighted by Gasteiger charge is 1.97. The van der Waals surface area contributed by atoms with Gasteiger partial charge in [-0.25, -0.2) is 4.98 Å². The fourth-order valence-electron chi connectivity index (χ4n) is 1.22. The first-order valence-electron chi connectivity index (χ1n) is 5.09. The van der Waals surface area contributed by atoms with Crippen LogP contribution in [-0.2, 0) is 4.74 Å². The molecule has 1 heterocycles. The average Bonchev–Trinajstić information content (AvgIpc) is 2.23. The number of halogens is 1. The van der Waals surface area contributed by atoms with Gasteiger partial charge >= 0.3 is 0 Å². The Kier molecular flexibility index (Phi) is 5.65. The Bertz CT molecular complexity index is 305. The smallest absolute Gasteiger partial charge is 0.126 e. The van der Waals surface area contributed by atoms with Crippen molar-refractivity contribution in [2.24, 2.45) is 0 Å². The molecule has 0 fully saturated rings. The number of aromatic nitrogens is 1. The molecule has 15 heavy (non-hydrogen) atoms. The molecule has 0 radical (unpaired) electrons. The zero-order valence-corrected chi connectivity index (χ0v) is 10.8. The Balaban J connectivity index is 2.28. The molecular formula is C11H17BrN2O. The van der Waals surface area contributed by atoms with E-state index in [9.17, 15) is 0 Å².